The molecule has 0 aliphatic rings. The Bertz CT molecular complexity index is 2530. The molecule has 0 unspecified atom stereocenters. The van der Waals surface area contributed by atoms with Gasteiger partial charge in [0.05, 0.1) is 30.5 Å². The molecule has 5 aromatic heterocycles. The van der Waals surface area contributed by atoms with E-state index in [1.807, 2.05) is 101 Å². The van der Waals surface area contributed by atoms with Crippen molar-refractivity contribution < 1.29 is 25.9 Å². The number of furan rings is 1. The third-order valence-electron chi connectivity index (χ3n) is 8.78. The first-order chi connectivity index (χ1) is 24.3. The molecule has 0 fully saturated rings. The van der Waals surface area contributed by atoms with Crippen molar-refractivity contribution in [3.63, 3.8) is 0 Å². The molecule has 0 spiro atoms. The van der Waals surface area contributed by atoms with Gasteiger partial charge in [0.15, 0.2) is 0 Å². The summed E-state index contributed by atoms with van der Waals surface area (Å²) in [5, 5.41) is 3.28. The van der Waals surface area contributed by atoms with E-state index in [9.17, 15) is 0 Å². The van der Waals surface area contributed by atoms with Gasteiger partial charge in [0, 0.05) is 55.8 Å². The van der Waals surface area contributed by atoms with Crippen LogP contribution in [0.4, 0.5) is 0 Å². The largest absolute Gasteiger partial charge is 0.486 e. The van der Waals surface area contributed by atoms with Gasteiger partial charge in [-0.05, 0) is 73.9 Å². The van der Waals surface area contributed by atoms with Gasteiger partial charge in [0.2, 0.25) is 5.71 Å². The Kier molecular flexibility index (Phi) is 9.84. The maximum atomic E-state index is 8.44. The molecule has 259 valence electrons. The molecule has 0 N–H and O–H groups in total. The van der Waals surface area contributed by atoms with Crippen molar-refractivity contribution >= 4 is 46.4 Å². The Hall–Kier alpha value is -4.75. The molecule has 0 saturated heterocycles. The Morgan fingerprint density at radius 1 is 0.784 bits per heavy atom. The number of fused-ring (bicyclic) bond motifs is 4. The number of rotatable bonds is 5. The van der Waals surface area contributed by atoms with Crippen molar-refractivity contribution in [3.05, 3.63) is 132 Å². The summed E-state index contributed by atoms with van der Waals surface area (Å²) in [5.74, 6) is 0.176. The van der Waals surface area contributed by atoms with Gasteiger partial charge in [-0.25, -0.2) is 4.98 Å². The zero-order chi connectivity index (χ0) is 36.1. The fourth-order valence-corrected chi connectivity index (χ4v) is 8.03. The smallest absolute Gasteiger partial charge is 0.216 e. The van der Waals surface area contributed by atoms with Crippen molar-refractivity contribution in [2.75, 3.05) is 0 Å². The molecule has 8 aromatic rings. The zero-order valence-electron chi connectivity index (χ0n) is 31.2. The molecule has 0 aliphatic carbocycles. The molecule has 3 aromatic carbocycles. The van der Waals surface area contributed by atoms with E-state index in [0.717, 1.165) is 78.4 Å². The van der Waals surface area contributed by atoms with Crippen molar-refractivity contribution in [1.29, 1.82) is 0 Å². The van der Waals surface area contributed by atoms with Crippen LogP contribution in [0.1, 0.15) is 43.8 Å². The SMILES string of the molecule is Cc1cc(-n2c(-c3[c-]ccc4c3oc3nc(C)ccc34)nc3ccccc32)cc(C)n1.[2H]C(C)(C)c1cc(-c2[c-]cccc2)ncc1[Si](C)(C)C.[Ir]. The van der Waals surface area contributed by atoms with Gasteiger partial charge in [-0.15, -0.1) is 54.1 Å². The van der Waals surface area contributed by atoms with Gasteiger partial charge in [0.25, 0.3) is 0 Å². The van der Waals surface area contributed by atoms with Crippen LogP contribution >= 0.6 is 0 Å². The molecular formula is C43H41IrN5OSi-2. The second kappa shape index (κ2) is 14.5. The Morgan fingerprint density at radius 2 is 1.53 bits per heavy atom. The van der Waals surface area contributed by atoms with Gasteiger partial charge < -0.3 is 14.0 Å². The van der Waals surface area contributed by atoms with Crippen LogP contribution in [0.5, 0.6) is 0 Å². The van der Waals surface area contributed by atoms with E-state index in [-0.39, 0.29) is 20.1 Å². The van der Waals surface area contributed by atoms with E-state index >= 15 is 0 Å². The monoisotopic (exact) mass is 865 g/mol. The number of aryl methyl sites for hydroxylation is 3. The molecule has 0 amide bonds. The maximum Gasteiger partial charge on any atom is 0.216 e. The fraction of sp³-hybridized carbons (Fsp3) is 0.209. The number of aromatic nitrogens is 5. The van der Waals surface area contributed by atoms with E-state index in [1.165, 1.54) is 5.19 Å². The number of imidazole rings is 1. The van der Waals surface area contributed by atoms with Crippen LogP contribution in [-0.4, -0.2) is 32.6 Å². The summed E-state index contributed by atoms with van der Waals surface area (Å²) < 4.78 is 16.8. The summed E-state index contributed by atoms with van der Waals surface area (Å²) in [6.07, 6.45) is 1.98. The quantitative estimate of drug-likeness (QED) is 0.127. The first-order valence-corrected chi connectivity index (χ1v) is 20.4. The molecule has 5 heterocycles. The van der Waals surface area contributed by atoms with Gasteiger partial charge in [-0.1, -0.05) is 68.2 Å². The van der Waals surface area contributed by atoms with E-state index in [4.69, 9.17) is 10.8 Å². The van der Waals surface area contributed by atoms with Gasteiger partial charge in [-0.2, -0.15) is 0 Å². The molecule has 8 heteroatoms. The number of hydrogen-bond donors (Lipinski definition) is 0. The number of benzene rings is 3. The minimum atomic E-state index is -1.50. The molecule has 0 bridgehead atoms. The van der Waals surface area contributed by atoms with Crippen molar-refractivity contribution in [1.82, 2.24) is 24.5 Å². The number of nitrogens with zero attached hydrogens (tertiary/aromatic N) is 5. The number of para-hydroxylation sites is 2. The Balaban J connectivity index is 0.000000193. The molecule has 51 heavy (non-hydrogen) atoms. The minimum Gasteiger partial charge on any atom is -0.486 e. The molecule has 1 radical (unpaired) electrons. The molecule has 8 rings (SSSR count). The summed E-state index contributed by atoms with van der Waals surface area (Å²) in [4.78, 5) is 18.7. The van der Waals surface area contributed by atoms with Crippen LogP contribution in [0, 0.1) is 32.9 Å². The molecule has 0 aliphatic heterocycles. The third kappa shape index (κ3) is 7.22. The summed E-state index contributed by atoms with van der Waals surface area (Å²) in [6.45, 7) is 16.8. The third-order valence-corrected chi connectivity index (χ3v) is 10.8. The molecular weight excluding hydrogens is 823 g/mol. The van der Waals surface area contributed by atoms with Crippen LogP contribution in [-0.2, 0) is 20.1 Å². The molecule has 0 saturated carbocycles. The maximum absolute atomic E-state index is 8.44. The minimum absolute atomic E-state index is 0. The topological polar surface area (TPSA) is 69.6 Å². The standard InChI is InChI=1S/C26H19N4O.C17H22NSi.Ir/c1-15-11-12-20-19-7-6-8-21(24(19)31-26(20)28-15)25-29-22-9-4-5-10-23(22)30(25)18-13-16(2)27-17(3)14-18;1-13(2)15-11-16(14-9-7-6-8-10-14)18-12-17(15)19(3,4)5;/h4-7,9-14H,1-3H3;6-9,11-13H,1-5H3;/q2*-1;/i;13D;. The first-order valence-electron chi connectivity index (χ1n) is 17.4. The summed E-state index contributed by atoms with van der Waals surface area (Å²) in [6, 6.07) is 36.8. The van der Waals surface area contributed by atoms with Crippen LogP contribution in [0.2, 0.25) is 19.6 Å². The van der Waals surface area contributed by atoms with Gasteiger partial charge >= 0.3 is 0 Å². The first kappa shape index (κ1) is 34.7. The fourth-order valence-electron chi connectivity index (χ4n) is 6.44. The van der Waals surface area contributed by atoms with Crippen LogP contribution in [0.3, 0.4) is 0 Å². The average molecular weight is 865 g/mol. The normalized spacial score (nSPS) is 12.0. The van der Waals surface area contributed by atoms with Crippen LogP contribution in [0.25, 0.3) is 61.4 Å². The second-order valence-electron chi connectivity index (χ2n) is 14.0. The Labute approximate surface area is 315 Å². The molecule has 6 nitrogen and oxygen atoms in total. The predicted octanol–water partition coefficient (Wildman–Crippen LogP) is 10.3. The van der Waals surface area contributed by atoms with Crippen molar-refractivity contribution in [2.24, 2.45) is 0 Å². The average Bonchev–Trinajstić information content (AvgIpc) is 3.66. The summed E-state index contributed by atoms with van der Waals surface area (Å²) in [7, 11) is -1.50. The zero-order valence-corrected chi connectivity index (χ0v) is 33.6. The number of hydrogen-bond acceptors (Lipinski definition) is 5. The van der Waals surface area contributed by atoms with Crippen molar-refractivity contribution in [2.45, 2.75) is 60.2 Å². The van der Waals surface area contributed by atoms with Crippen molar-refractivity contribution in [3.8, 4) is 28.3 Å². The number of pyridine rings is 3. The Morgan fingerprint density at radius 3 is 2.24 bits per heavy atom. The van der Waals surface area contributed by atoms with Crippen LogP contribution in [0.15, 0.2) is 102 Å². The van der Waals surface area contributed by atoms with E-state index < -0.39 is 14.0 Å². The van der Waals surface area contributed by atoms with Crippen LogP contribution < -0.4 is 5.19 Å². The van der Waals surface area contributed by atoms with Gasteiger partial charge in [0.1, 0.15) is 0 Å². The molecule has 0 atom stereocenters. The van der Waals surface area contributed by atoms with E-state index in [2.05, 4.69) is 81.6 Å². The predicted molar refractivity (Wildman–Crippen MR) is 208 cm³/mol. The van der Waals surface area contributed by atoms with Gasteiger partial charge in [-0.3, -0.25) is 9.97 Å². The summed E-state index contributed by atoms with van der Waals surface area (Å²) >= 11 is 0. The second-order valence-corrected chi connectivity index (χ2v) is 19.1. The van der Waals surface area contributed by atoms with E-state index in [0.29, 0.717) is 5.71 Å². The van der Waals surface area contributed by atoms with E-state index in [1.54, 1.807) is 0 Å². The summed E-state index contributed by atoms with van der Waals surface area (Å²) in [5.41, 5.74) is 11.0.